The zero-order chi connectivity index (χ0) is 9.68. The van der Waals surface area contributed by atoms with Crippen molar-refractivity contribution in [3.05, 3.63) is 12.3 Å². The van der Waals surface area contributed by atoms with Gasteiger partial charge in [0.15, 0.2) is 0 Å². The maximum absolute atomic E-state index is 11.3. The molecule has 5 nitrogen and oxygen atoms in total. The molecule has 1 heterocycles. The van der Waals surface area contributed by atoms with Gasteiger partial charge in [-0.15, -0.1) is 0 Å². The van der Waals surface area contributed by atoms with Gasteiger partial charge in [-0.05, 0) is 6.42 Å². The van der Waals surface area contributed by atoms with Gasteiger partial charge in [0.1, 0.15) is 5.82 Å². The Bertz CT molecular complexity index is 257. The van der Waals surface area contributed by atoms with E-state index in [2.05, 4.69) is 15.5 Å². The molecule has 0 spiro atoms. The molecule has 1 aromatic rings. The van der Waals surface area contributed by atoms with E-state index in [0.29, 0.717) is 12.2 Å². The van der Waals surface area contributed by atoms with Crippen molar-refractivity contribution in [2.75, 3.05) is 5.32 Å². The molecule has 1 aromatic heterocycles. The number of nitrogens with zero attached hydrogens (tertiary/aromatic N) is 1. The smallest absolute Gasteiger partial charge is 0.242 e. The number of aromatic nitrogens is 2. The van der Waals surface area contributed by atoms with Crippen LogP contribution in [0.15, 0.2) is 12.3 Å². The largest absolute Gasteiger partial charge is 0.320 e. The zero-order valence-corrected chi connectivity index (χ0v) is 7.58. The lowest BCUT2D eigenvalue weighted by molar-refractivity contribution is -0.117. The highest BCUT2D eigenvalue weighted by Crippen LogP contribution is 2.01. The molecule has 1 rings (SSSR count). The topological polar surface area (TPSA) is 83.8 Å². The summed E-state index contributed by atoms with van der Waals surface area (Å²) < 4.78 is 0. The molecule has 72 valence electrons. The van der Waals surface area contributed by atoms with Crippen LogP contribution in [-0.2, 0) is 4.79 Å². The molecule has 0 fully saturated rings. The number of rotatable bonds is 4. The Hall–Kier alpha value is -1.36. The second-order valence-corrected chi connectivity index (χ2v) is 2.85. The molecule has 5 heteroatoms. The van der Waals surface area contributed by atoms with E-state index >= 15 is 0 Å². The maximum Gasteiger partial charge on any atom is 0.242 e. The fourth-order valence-electron chi connectivity index (χ4n) is 0.993. The van der Waals surface area contributed by atoms with Crippen LogP contribution in [0.25, 0.3) is 0 Å². The summed E-state index contributed by atoms with van der Waals surface area (Å²) in [5, 5.41) is 8.95. The number of H-pyrrole nitrogens is 1. The SMILES string of the molecule is CCC[C@@H](N)C(=O)Nc1ccn[nH]1. The number of amides is 1. The van der Waals surface area contributed by atoms with E-state index in [4.69, 9.17) is 5.73 Å². The fraction of sp³-hybridized carbons (Fsp3) is 0.500. The van der Waals surface area contributed by atoms with Gasteiger partial charge in [-0.1, -0.05) is 13.3 Å². The highest BCUT2D eigenvalue weighted by atomic mass is 16.2. The highest BCUT2D eigenvalue weighted by molar-refractivity contribution is 5.93. The first kappa shape index (κ1) is 9.73. The third-order valence-corrected chi connectivity index (χ3v) is 1.70. The minimum absolute atomic E-state index is 0.175. The average Bonchev–Trinajstić information content (AvgIpc) is 2.57. The Morgan fingerprint density at radius 1 is 1.85 bits per heavy atom. The minimum Gasteiger partial charge on any atom is -0.320 e. The van der Waals surface area contributed by atoms with Gasteiger partial charge in [0, 0.05) is 6.07 Å². The average molecular weight is 182 g/mol. The van der Waals surface area contributed by atoms with Crippen molar-refractivity contribution in [1.82, 2.24) is 10.2 Å². The number of nitrogens with two attached hydrogens (primary N) is 1. The predicted octanol–water partition coefficient (Wildman–Crippen LogP) is 0.476. The van der Waals surface area contributed by atoms with Crippen molar-refractivity contribution in [3.63, 3.8) is 0 Å². The van der Waals surface area contributed by atoms with Crippen LogP contribution < -0.4 is 11.1 Å². The summed E-state index contributed by atoms with van der Waals surface area (Å²) in [5.41, 5.74) is 5.60. The molecule has 4 N–H and O–H groups in total. The summed E-state index contributed by atoms with van der Waals surface area (Å²) in [6, 6.07) is 1.24. The molecule has 0 aliphatic carbocycles. The maximum atomic E-state index is 11.3. The van der Waals surface area contributed by atoms with E-state index in [1.165, 1.54) is 0 Å². The fourth-order valence-corrected chi connectivity index (χ4v) is 0.993. The molecule has 0 aliphatic heterocycles. The Balaban J connectivity index is 2.41. The van der Waals surface area contributed by atoms with Crippen LogP contribution in [0.1, 0.15) is 19.8 Å². The predicted molar refractivity (Wildman–Crippen MR) is 50.1 cm³/mol. The molecule has 0 radical (unpaired) electrons. The molecule has 13 heavy (non-hydrogen) atoms. The van der Waals surface area contributed by atoms with Gasteiger partial charge in [0.25, 0.3) is 0 Å². The summed E-state index contributed by atoms with van der Waals surface area (Å²) in [7, 11) is 0. The van der Waals surface area contributed by atoms with E-state index in [9.17, 15) is 4.79 Å². The van der Waals surface area contributed by atoms with Crippen LogP contribution in [0, 0.1) is 0 Å². The number of carbonyl (C=O) groups is 1. The van der Waals surface area contributed by atoms with Crippen molar-refractivity contribution in [2.24, 2.45) is 5.73 Å². The van der Waals surface area contributed by atoms with Crippen molar-refractivity contribution >= 4 is 11.7 Å². The number of hydrogen-bond donors (Lipinski definition) is 3. The lowest BCUT2D eigenvalue weighted by atomic mass is 10.2. The van der Waals surface area contributed by atoms with Crippen molar-refractivity contribution in [3.8, 4) is 0 Å². The number of nitrogens with one attached hydrogen (secondary N) is 2. The van der Waals surface area contributed by atoms with Crippen LogP contribution in [0.5, 0.6) is 0 Å². The van der Waals surface area contributed by atoms with Gasteiger partial charge in [-0.3, -0.25) is 9.89 Å². The summed E-state index contributed by atoms with van der Waals surface area (Å²) in [4.78, 5) is 11.3. The van der Waals surface area contributed by atoms with E-state index < -0.39 is 6.04 Å². The first-order chi connectivity index (χ1) is 6.24. The molecule has 0 unspecified atom stereocenters. The van der Waals surface area contributed by atoms with Gasteiger partial charge in [0.2, 0.25) is 5.91 Å². The minimum atomic E-state index is -0.437. The Morgan fingerprint density at radius 2 is 2.62 bits per heavy atom. The summed E-state index contributed by atoms with van der Waals surface area (Å²) in [5.74, 6) is 0.405. The number of anilines is 1. The molecular weight excluding hydrogens is 168 g/mol. The van der Waals surface area contributed by atoms with E-state index in [0.717, 1.165) is 6.42 Å². The third-order valence-electron chi connectivity index (χ3n) is 1.70. The lowest BCUT2D eigenvalue weighted by Gasteiger charge is -2.08. The van der Waals surface area contributed by atoms with Gasteiger partial charge in [-0.2, -0.15) is 5.10 Å². The monoisotopic (exact) mass is 182 g/mol. The standard InChI is InChI=1S/C8H14N4O/c1-2-3-6(9)8(13)11-7-4-5-10-12-7/h4-6H,2-3,9H2,1H3,(H2,10,11,12,13)/t6-/m1/s1. The van der Waals surface area contributed by atoms with Crippen LogP contribution in [0.2, 0.25) is 0 Å². The first-order valence-corrected chi connectivity index (χ1v) is 4.30. The number of hydrogen-bond acceptors (Lipinski definition) is 3. The van der Waals surface area contributed by atoms with Crippen molar-refractivity contribution in [1.29, 1.82) is 0 Å². The highest BCUT2D eigenvalue weighted by Gasteiger charge is 2.12. The Kier molecular flexibility index (Phi) is 3.45. The second kappa shape index (κ2) is 4.61. The molecule has 0 saturated carbocycles. The van der Waals surface area contributed by atoms with Crippen molar-refractivity contribution < 1.29 is 4.79 Å². The number of carbonyl (C=O) groups excluding carboxylic acids is 1. The molecule has 0 saturated heterocycles. The molecule has 0 bridgehead atoms. The van der Waals surface area contributed by atoms with Crippen LogP contribution >= 0.6 is 0 Å². The summed E-state index contributed by atoms with van der Waals surface area (Å²) in [6.07, 6.45) is 3.17. The van der Waals surface area contributed by atoms with Crippen LogP contribution in [-0.4, -0.2) is 22.1 Å². The first-order valence-electron chi connectivity index (χ1n) is 4.30. The van der Waals surface area contributed by atoms with Crippen LogP contribution in [0.4, 0.5) is 5.82 Å². The van der Waals surface area contributed by atoms with Crippen molar-refractivity contribution in [2.45, 2.75) is 25.8 Å². The van der Waals surface area contributed by atoms with E-state index in [1.54, 1.807) is 12.3 Å². The van der Waals surface area contributed by atoms with E-state index in [-0.39, 0.29) is 5.91 Å². The summed E-state index contributed by atoms with van der Waals surface area (Å²) >= 11 is 0. The second-order valence-electron chi connectivity index (χ2n) is 2.85. The quantitative estimate of drug-likeness (QED) is 0.633. The normalized spacial score (nSPS) is 12.5. The molecule has 0 aromatic carbocycles. The van der Waals surface area contributed by atoms with Gasteiger partial charge >= 0.3 is 0 Å². The van der Waals surface area contributed by atoms with Gasteiger partial charge in [0.05, 0.1) is 12.2 Å². The molecule has 1 atom stereocenters. The van der Waals surface area contributed by atoms with Crippen LogP contribution in [0.3, 0.4) is 0 Å². The number of aromatic amines is 1. The van der Waals surface area contributed by atoms with Gasteiger partial charge in [-0.25, -0.2) is 0 Å². The van der Waals surface area contributed by atoms with Gasteiger partial charge < -0.3 is 11.1 Å². The Morgan fingerprint density at radius 3 is 3.15 bits per heavy atom. The molecule has 0 aliphatic rings. The summed E-state index contributed by atoms with van der Waals surface area (Å²) in [6.45, 7) is 1.99. The van der Waals surface area contributed by atoms with E-state index in [1.807, 2.05) is 6.92 Å². The third kappa shape index (κ3) is 2.87. The molecular formula is C8H14N4O. The molecule has 1 amide bonds. The zero-order valence-electron chi connectivity index (χ0n) is 7.58. The Labute approximate surface area is 76.7 Å². The lowest BCUT2D eigenvalue weighted by Crippen LogP contribution is -2.35.